The summed E-state index contributed by atoms with van der Waals surface area (Å²) in [6.45, 7) is 3.27. The molecule has 6 nitrogen and oxygen atoms in total. The summed E-state index contributed by atoms with van der Waals surface area (Å²) in [6.07, 6.45) is 1.26. The SMILES string of the molecule is CCOC(=O)C1CCN(C(=O)c2cc(-c3ccc(Cl)cc3)n[nH]2)CC1. The van der Waals surface area contributed by atoms with E-state index >= 15 is 0 Å². The fourth-order valence-electron chi connectivity index (χ4n) is 2.95. The van der Waals surface area contributed by atoms with Crippen molar-refractivity contribution in [1.29, 1.82) is 0 Å². The highest BCUT2D eigenvalue weighted by Crippen LogP contribution is 2.23. The largest absolute Gasteiger partial charge is 0.466 e. The van der Waals surface area contributed by atoms with Gasteiger partial charge in [0.1, 0.15) is 5.69 Å². The van der Waals surface area contributed by atoms with E-state index in [2.05, 4.69) is 10.2 Å². The van der Waals surface area contributed by atoms with Crippen molar-refractivity contribution in [2.75, 3.05) is 19.7 Å². The number of piperidine rings is 1. The van der Waals surface area contributed by atoms with Gasteiger partial charge in [-0.15, -0.1) is 0 Å². The Bertz CT molecular complexity index is 749. The summed E-state index contributed by atoms with van der Waals surface area (Å²) in [5.74, 6) is -0.383. The summed E-state index contributed by atoms with van der Waals surface area (Å²) in [5, 5.41) is 7.67. The van der Waals surface area contributed by atoms with Gasteiger partial charge in [0, 0.05) is 23.7 Å². The molecule has 2 heterocycles. The highest BCUT2D eigenvalue weighted by Gasteiger charge is 2.29. The average Bonchev–Trinajstić information content (AvgIpc) is 3.12. The Labute approximate surface area is 151 Å². The van der Waals surface area contributed by atoms with Crippen molar-refractivity contribution in [1.82, 2.24) is 15.1 Å². The molecule has 1 fully saturated rings. The maximum atomic E-state index is 12.6. The van der Waals surface area contributed by atoms with Gasteiger partial charge in [0.15, 0.2) is 0 Å². The van der Waals surface area contributed by atoms with Crippen LogP contribution in [-0.4, -0.2) is 46.7 Å². The second-order valence-electron chi connectivity index (χ2n) is 5.99. The van der Waals surface area contributed by atoms with Gasteiger partial charge in [-0.1, -0.05) is 23.7 Å². The van der Waals surface area contributed by atoms with Crippen LogP contribution in [0.15, 0.2) is 30.3 Å². The van der Waals surface area contributed by atoms with Gasteiger partial charge in [0.2, 0.25) is 0 Å². The number of likely N-dealkylation sites (tertiary alicyclic amines) is 1. The minimum absolute atomic E-state index is 0.102. The Morgan fingerprint density at radius 1 is 1.28 bits per heavy atom. The van der Waals surface area contributed by atoms with Gasteiger partial charge in [-0.2, -0.15) is 5.10 Å². The van der Waals surface area contributed by atoms with E-state index in [-0.39, 0.29) is 17.8 Å². The molecule has 0 saturated carbocycles. The zero-order valence-corrected chi connectivity index (χ0v) is 14.8. The van der Waals surface area contributed by atoms with Crippen LogP contribution < -0.4 is 0 Å². The number of benzene rings is 1. The molecule has 1 saturated heterocycles. The summed E-state index contributed by atoms with van der Waals surface area (Å²) >= 11 is 5.89. The first-order chi connectivity index (χ1) is 12.1. The van der Waals surface area contributed by atoms with Crippen molar-refractivity contribution < 1.29 is 14.3 Å². The van der Waals surface area contributed by atoms with Crippen LogP contribution in [0, 0.1) is 5.92 Å². The number of hydrogen-bond donors (Lipinski definition) is 1. The third kappa shape index (κ3) is 4.02. The number of hydrogen-bond acceptors (Lipinski definition) is 4. The molecule has 1 N–H and O–H groups in total. The lowest BCUT2D eigenvalue weighted by Crippen LogP contribution is -2.40. The molecule has 2 aromatic rings. The summed E-state index contributed by atoms with van der Waals surface area (Å²) in [7, 11) is 0. The predicted octanol–water partition coefficient (Wildman–Crippen LogP) is 3.15. The van der Waals surface area contributed by atoms with E-state index in [1.807, 2.05) is 12.1 Å². The van der Waals surface area contributed by atoms with Gasteiger partial charge in [0.25, 0.3) is 5.91 Å². The normalized spacial score (nSPS) is 15.2. The number of ether oxygens (including phenoxy) is 1. The molecule has 0 bridgehead atoms. The molecule has 0 atom stereocenters. The molecule has 0 aliphatic carbocycles. The van der Waals surface area contributed by atoms with Crippen LogP contribution in [-0.2, 0) is 9.53 Å². The number of H-pyrrole nitrogens is 1. The summed E-state index contributed by atoms with van der Waals surface area (Å²) < 4.78 is 5.05. The average molecular weight is 362 g/mol. The van der Waals surface area contributed by atoms with E-state index in [0.29, 0.717) is 48.9 Å². The molecule has 1 aliphatic rings. The first-order valence-corrected chi connectivity index (χ1v) is 8.73. The van der Waals surface area contributed by atoms with Gasteiger partial charge in [-0.05, 0) is 38.0 Å². The lowest BCUT2D eigenvalue weighted by atomic mass is 9.97. The molecule has 0 spiro atoms. The number of nitrogens with zero attached hydrogens (tertiary/aromatic N) is 2. The summed E-state index contributed by atoms with van der Waals surface area (Å²) in [5.41, 5.74) is 2.03. The standard InChI is InChI=1S/C18H20ClN3O3/c1-2-25-18(24)13-7-9-22(10-8-13)17(23)16-11-15(20-21-16)12-3-5-14(19)6-4-12/h3-6,11,13H,2,7-10H2,1H3,(H,20,21). The van der Waals surface area contributed by atoms with Crippen LogP contribution in [0.25, 0.3) is 11.3 Å². The highest BCUT2D eigenvalue weighted by molar-refractivity contribution is 6.30. The maximum Gasteiger partial charge on any atom is 0.309 e. The van der Waals surface area contributed by atoms with E-state index in [0.717, 1.165) is 5.56 Å². The first-order valence-electron chi connectivity index (χ1n) is 8.35. The molecule has 7 heteroatoms. The molecular weight excluding hydrogens is 342 g/mol. The van der Waals surface area contributed by atoms with Crippen LogP contribution >= 0.6 is 11.6 Å². The van der Waals surface area contributed by atoms with E-state index in [9.17, 15) is 9.59 Å². The molecule has 3 rings (SSSR count). The lowest BCUT2D eigenvalue weighted by molar-refractivity contribution is -0.149. The fourth-order valence-corrected chi connectivity index (χ4v) is 3.07. The predicted molar refractivity (Wildman–Crippen MR) is 94.3 cm³/mol. The third-order valence-corrected chi connectivity index (χ3v) is 4.60. The Balaban J connectivity index is 1.63. The molecule has 25 heavy (non-hydrogen) atoms. The van der Waals surface area contributed by atoms with Crippen molar-refractivity contribution in [3.8, 4) is 11.3 Å². The van der Waals surface area contributed by atoms with E-state index in [4.69, 9.17) is 16.3 Å². The fraction of sp³-hybridized carbons (Fsp3) is 0.389. The van der Waals surface area contributed by atoms with Crippen molar-refractivity contribution in [2.24, 2.45) is 5.92 Å². The number of halogens is 1. The minimum Gasteiger partial charge on any atom is -0.466 e. The molecule has 1 aromatic carbocycles. The maximum absolute atomic E-state index is 12.6. The number of carbonyl (C=O) groups excluding carboxylic acids is 2. The number of amides is 1. The molecule has 132 valence electrons. The van der Waals surface area contributed by atoms with Crippen molar-refractivity contribution in [3.05, 3.63) is 41.0 Å². The summed E-state index contributed by atoms with van der Waals surface area (Å²) in [4.78, 5) is 26.1. The smallest absolute Gasteiger partial charge is 0.309 e. The van der Waals surface area contributed by atoms with E-state index in [1.54, 1.807) is 30.0 Å². The molecule has 0 unspecified atom stereocenters. The molecular formula is C18H20ClN3O3. The van der Waals surface area contributed by atoms with Crippen LogP contribution in [0.2, 0.25) is 5.02 Å². The number of esters is 1. The Kier molecular flexibility index (Phi) is 5.38. The summed E-state index contributed by atoms with van der Waals surface area (Å²) in [6, 6.07) is 9.03. The molecule has 1 aromatic heterocycles. The first kappa shape index (κ1) is 17.5. The zero-order chi connectivity index (χ0) is 17.8. The zero-order valence-electron chi connectivity index (χ0n) is 14.0. The second kappa shape index (κ2) is 7.70. The van der Waals surface area contributed by atoms with E-state index < -0.39 is 0 Å². The van der Waals surface area contributed by atoms with E-state index in [1.165, 1.54) is 0 Å². The van der Waals surface area contributed by atoms with Gasteiger partial charge < -0.3 is 9.64 Å². The van der Waals surface area contributed by atoms with Crippen LogP contribution in [0.5, 0.6) is 0 Å². The Hall–Kier alpha value is -2.34. The van der Waals surface area contributed by atoms with Crippen LogP contribution in [0.1, 0.15) is 30.3 Å². The minimum atomic E-state index is -0.166. The number of carbonyl (C=O) groups is 2. The molecule has 1 amide bonds. The van der Waals surface area contributed by atoms with Gasteiger partial charge in [-0.25, -0.2) is 0 Å². The Morgan fingerprint density at radius 2 is 1.96 bits per heavy atom. The number of nitrogens with one attached hydrogen (secondary N) is 1. The van der Waals surface area contributed by atoms with Gasteiger partial charge in [0.05, 0.1) is 18.2 Å². The molecule has 0 radical (unpaired) electrons. The monoisotopic (exact) mass is 361 g/mol. The van der Waals surface area contributed by atoms with Crippen molar-refractivity contribution in [2.45, 2.75) is 19.8 Å². The number of aromatic amines is 1. The van der Waals surface area contributed by atoms with Crippen LogP contribution in [0.4, 0.5) is 0 Å². The van der Waals surface area contributed by atoms with Gasteiger partial charge in [-0.3, -0.25) is 14.7 Å². The topological polar surface area (TPSA) is 75.3 Å². The van der Waals surface area contributed by atoms with Crippen molar-refractivity contribution >= 4 is 23.5 Å². The molecule has 1 aliphatic heterocycles. The van der Waals surface area contributed by atoms with Gasteiger partial charge >= 0.3 is 5.97 Å². The lowest BCUT2D eigenvalue weighted by Gasteiger charge is -2.30. The highest BCUT2D eigenvalue weighted by atomic mass is 35.5. The van der Waals surface area contributed by atoms with Crippen LogP contribution in [0.3, 0.4) is 0 Å². The third-order valence-electron chi connectivity index (χ3n) is 4.35. The quantitative estimate of drug-likeness (QED) is 0.849. The Morgan fingerprint density at radius 3 is 2.60 bits per heavy atom. The second-order valence-corrected chi connectivity index (χ2v) is 6.43. The van der Waals surface area contributed by atoms with Crippen molar-refractivity contribution in [3.63, 3.8) is 0 Å². The number of aromatic nitrogens is 2. The number of rotatable bonds is 4.